The first kappa shape index (κ1) is 28.5. The van der Waals surface area contributed by atoms with Gasteiger partial charge in [0.15, 0.2) is 0 Å². The van der Waals surface area contributed by atoms with Gasteiger partial charge in [0.25, 0.3) is 0 Å². The molecule has 2 amide bonds. The summed E-state index contributed by atoms with van der Waals surface area (Å²) in [6, 6.07) is 20.4. The first-order valence-electron chi connectivity index (χ1n) is 14.4. The molecule has 0 radical (unpaired) electrons. The number of carbonyl (C=O) groups excluding carboxylic acids is 2. The molecule has 0 spiro atoms. The molecule has 0 saturated heterocycles. The third-order valence-electron chi connectivity index (χ3n) is 7.85. The van der Waals surface area contributed by atoms with E-state index in [1.54, 1.807) is 0 Å². The number of carbonyl (C=O) groups is 2. The molecule has 6 heteroatoms. The molecule has 39 heavy (non-hydrogen) atoms. The van der Waals surface area contributed by atoms with E-state index in [4.69, 9.17) is 9.47 Å². The minimum absolute atomic E-state index is 0.209. The van der Waals surface area contributed by atoms with Crippen LogP contribution in [0.1, 0.15) is 68.9 Å². The van der Waals surface area contributed by atoms with Crippen molar-refractivity contribution in [1.29, 1.82) is 0 Å². The summed E-state index contributed by atoms with van der Waals surface area (Å²) in [5.41, 5.74) is 2.19. The molecule has 2 fully saturated rings. The number of benzene rings is 2. The van der Waals surface area contributed by atoms with E-state index >= 15 is 0 Å². The molecule has 2 aliphatic rings. The molecule has 0 aliphatic heterocycles. The Hall–Kier alpha value is -3.54. The van der Waals surface area contributed by atoms with E-state index in [0.717, 1.165) is 74.3 Å². The summed E-state index contributed by atoms with van der Waals surface area (Å²) in [6.07, 6.45) is 16.9. The number of rotatable bonds is 10. The molecule has 0 unspecified atom stereocenters. The van der Waals surface area contributed by atoms with Gasteiger partial charge in [0.1, 0.15) is 13.2 Å². The van der Waals surface area contributed by atoms with Gasteiger partial charge in [0, 0.05) is 12.1 Å². The smallest absolute Gasteiger partial charge is 0.407 e. The molecule has 2 N–H and O–H groups in total. The van der Waals surface area contributed by atoms with E-state index in [0.29, 0.717) is 0 Å². The molecule has 4 rings (SSSR count). The van der Waals surface area contributed by atoms with Gasteiger partial charge in [0.05, 0.1) is 0 Å². The van der Waals surface area contributed by atoms with Crippen molar-refractivity contribution in [1.82, 2.24) is 10.6 Å². The Balaban J connectivity index is 1.03. The molecule has 6 nitrogen and oxygen atoms in total. The zero-order chi connectivity index (χ0) is 27.1. The van der Waals surface area contributed by atoms with Gasteiger partial charge in [-0.3, -0.25) is 0 Å². The summed E-state index contributed by atoms with van der Waals surface area (Å²) in [4.78, 5) is 24.3. The van der Waals surface area contributed by atoms with Gasteiger partial charge in [-0.2, -0.15) is 0 Å². The molecule has 208 valence electrons. The third-order valence-corrected chi connectivity index (χ3v) is 7.85. The van der Waals surface area contributed by atoms with Crippen molar-refractivity contribution < 1.29 is 19.1 Å². The number of hydrogen-bond acceptors (Lipinski definition) is 4. The number of ether oxygens (including phenoxy) is 2. The number of nitrogens with one attached hydrogen (secondary N) is 2. The Morgan fingerprint density at radius 2 is 1.00 bits per heavy atom. The van der Waals surface area contributed by atoms with Crippen LogP contribution in [0.5, 0.6) is 0 Å². The molecule has 0 atom stereocenters. The lowest BCUT2D eigenvalue weighted by molar-refractivity contribution is 0.143. The Labute approximate surface area is 232 Å². The summed E-state index contributed by atoms with van der Waals surface area (Å²) < 4.78 is 10.6. The maximum atomic E-state index is 12.2. The van der Waals surface area contributed by atoms with Crippen LogP contribution in [0, 0.1) is 11.8 Å². The van der Waals surface area contributed by atoms with E-state index in [1.165, 1.54) is 6.42 Å². The van der Waals surface area contributed by atoms with Crippen LogP contribution in [0.3, 0.4) is 0 Å². The summed E-state index contributed by atoms with van der Waals surface area (Å²) >= 11 is 0. The maximum absolute atomic E-state index is 12.2. The Kier molecular flexibility index (Phi) is 11.5. The summed E-state index contributed by atoms with van der Waals surface area (Å²) in [5.74, 6) is 1.45. The van der Waals surface area contributed by atoms with Crippen molar-refractivity contribution >= 4 is 24.3 Å². The van der Waals surface area contributed by atoms with Crippen molar-refractivity contribution in [2.24, 2.45) is 11.8 Å². The topological polar surface area (TPSA) is 76.7 Å². The van der Waals surface area contributed by atoms with Gasteiger partial charge in [-0.15, -0.1) is 0 Å². The van der Waals surface area contributed by atoms with E-state index in [9.17, 15) is 9.59 Å². The monoisotopic (exact) mass is 530 g/mol. The van der Waals surface area contributed by atoms with Crippen LogP contribution in [0.25, 0.3) is 12.2 Å². The predicted molar refractivity (Wildman–Crippen MR) is 156 cm³/mol. The largest absolute Gasteiger partial charge is 0.445 e. The standard InChI is InChI=1S/C33H42N2O4/c36-32(38-23-7-13-26-9-3-1-4-10-26)34-30-19-15-28(16-20-30)25-29-17-21-31(22-18-29)35-33(37)39-24-8-14-27-11-5-2-6-12-27/h1-14,28-31H,15-25H2,(H,34,36)(H,35,37)/b13-7+,14-8+. The second-order valence-corrected chi connectivity index (χ2v) is 10.8. The van der Waals surface area contributed by atoms with Gasteiger partial charge < -0.3 is 20.1 Å². The Morgan fingerprint density at radius 3 is 1.38 bits per heavy atom. The van der Waals surface area contributed by atoms with Crippen LogP contribution in [0.4, 0.5) is 9.59 Å². The second-order valence-electron chi connectivity index (χ2n) is 10.8. The van der Waals surface area contributed by atoms with Gasteiger partial charge in [-0.1, -0.05) is 72.8 Å². The molecular formula is C33H42N2O4. The molecule has 2 aliphatic carbocycles. The maximum Gasteiger partial charge on any atom is 0.407 e. The van der Waals surface area contributed by atoms with Crippen molar-refractivity contribution in [3.05, 3.63) is 83.9 Å². The highest BCUT2D eigenvalue weighted by Gasteiger charge is 2.28. The van der Waals surface area contributed by atoms with Crippen LogP contribution in [0.15, 0.2) is 72.8 Å². The van der Waals surface area contributed by atoms with Crippen molar-refractivity contribution in [3.8, 4) is 0 Å². The fourth-order valence-electron chi connectivity index (χ4n) is 5.72. The van der Waals surface area contributed by atoms with E-state index < -0.39 is 0 Å². The molecular weight excluding hydrogens is 488 g/mol. The van der Waals surface area contributed by atoms with Crippen molar-refractivity contribution in [2.45, 2.75) is 69.9 Å². The molecule has 0 bridgehead atoms. The van der Waals surface area contributed by atoms with Crippen molar-refractivity contribution in [3.63, 3.8) is 0 Å². The number of amides is 2. The fourth-order valence-corrected chi connectivity index (χ4v) is 5.72. The summed E-state index contributed by atoms with van der Waals surface area (Å²) in [7, 11) is 0. The fraction of sp³-hybridized carbons (Fsp3) is 0.455. The zero-order valence-corrected chi connectivity index (χ0v) is 22.8. The summed E-state index contributed by atoms with van der Waals surface area (Å²) in [6.45, 7) is 0.549. The first-order valence-corrected chi connectivity index (χ1v) is 14.4. The predicted octanol–water partition coefficient (Wildman–Crippen LogP) is 7.37. The van der Waals surface area contributed by atoms with Gasteiger partial charge in [-0.25, -0.2) is 9.59 Å². The highest BCUT2D eigenvalue weighted by atomic mass is 16.6. The minimum atomic E-state index is -0.326. The Morgan fingerprint density at radius 1 is 0.615 bits per heavy atom. The van der Waals surface area contributed by atoms with E-state index in [2.05, 4.69) is 10.6 Å². The average Bonchev–Trinajstić information content (AvgIpc) is 2.97. The summed E-state index contributed by atoms with van der Waals surface area (Å²) in [5, 5.41) is 6.08. The SMILES string of the molecule is O=C(NC1CCC(CC2CCC(NC(=O)OC/C=C/c3ccccc3)CC2)CC1)OC/C=C/c1ccccc1. The van der Waals surface area contributed by atoms with Crippen LogP contribution >= 0.6 is 0 Å². The lowest BCUT2D eigenvalue weighted by Gasteiger charge is -2.34. The van der Waals surface area contributed by atoms with Crippen LogP contribution in [-0.4, -0.2) is 37.5 Å². The molecule has 2 aromatic carbocycles. The molecule has 0 aromatic heterocycles. The van der Waals surface area contributed by atoms with Gasteiger partial charge in [-0.05, 0) is 92.9 Å². The highest BCUT2D eigenvalue weighted by Crippen LogP contribution is 2.35. The van der Waals surface area contributed by atoms with Crippen molar-refractivity contribution in [2.75, 3.05) is 13.2 Å². The molecule has 2 aromatic rings. The highest BCUT2D eigenvalue weighted by molar-refractivity contribution is 5.68. The van der Waals surface area contributed by atoms with E-state index in [1.807, 2.05) is 85.0 Å². The lowest BCUT2D eigenvalue weighted by Crippen LogP contribution is -2.39. The van der Waals surface area contributed by atoms with Crippen LogP contribution in [0.2, 0.25) is 0 Å². The van der Waals surface area contributed by atoms with Crippen LogP contribution in [-0.2, 0) is 9.47 Å². The van der Waals surface area contributed by atoms with E-state index in [-0.39, 0.29) is 37.5 Å². The van der Waals surface area contributed by atoms with Gasteiger partial charge >= 0.3 is 12.2 Å². The molecule has 2 saturated carbocycles. The minimum Gasteiger partial charge on any atom is -0.445 e. The lowest BCUT2D eigenvalue weighted by atomic mass is 9.76. The number of alkyl carbamates (subject to hydrolysis) is 2. The Bertz CT molecular complexity index is 968. The van der Waals surface area contributed by atoms with Gasteiger partial charge in [0.2, 0.25) is 0 Å². The normalized spacial score (nSPS) is 23.4. The quantitative estimate of drug-likeness (QED) is 0.336. The number of hydrogen-bond donors (Lipinski definition) is 2. The zero-order valence-electron chi connectivity index (χ0n) is 22.8. The average molecular weight is 531 g/mol. The third kappa shape index (κ3) is 10.6. The second kappa shape index (κ2) is 15.8. The first-order chi connectivity index (χ1) is 19.1. The molecule has 0 heterocycles. The van der Waals surface area contributed by atoms with Crippen LogP contribution < -0.4 is 10.6 Å².